The molecule has 3 saturated heterocycles. The largest absolute Gasteiger partial charge is 0.312 e. The quantitative estimate of drug-likeness (QED) is 0.830. The van der Waals surface area contributed by atoms with Crippen molar-refractivity contribution in [1.82, 2.24) is 20.0 Å². The molecule has 2 bridgehead atoms. The molecule has 4 rings (SSSR count). The average molecular weight is 234 g/mol. The number of aryl methyl sites for hydroxylation is 1. The van der Waals surface area contributed by atoms with Crippen molar-refractivity contribution < 1.29 is 0 Å². The summed E-state index contributed by atoms with van der Waals surface area (Å²) in [5.74, 6) is 0.925. The average Bonchev–Trinajstić information content (AvgIpc) is 2.77. The van der Waals surface area contributed by atoms with Crippen LogP contribution in [0.15, 0.2) is 12.4 Å². The van der Waals surface area contributed by atoms with Crippen LogP contribution in [0.5, 0.6) is 0 Å². The van der Waals surface area contributed by atoms with E-state index in [2.05, 4.69) is 21.5 Å². The van der Waals surface area contributed by atoms with Gasteiger partial charge in [-0.3, -0.25) is 4.68 Å². The number of fused-ring (bicyclic) bond motifs is 3. The summed E-state index contributed by atoms with van der Waals surface area (Å²) in [7, 11) is 1.98. The third-order valence-electron chi connectivity index (χ3n) is 4.23. The minimum atomic E-state index is 0.731. The van der Waals surface area contributed by atoms with E-state index in [1.54, 1.807) is 0 Å². The van der Waals surface area contributed by atoms with Crippen LogP contribution < -0.4 is 5.32 Å². The Morgan fingerprint density at radius 3 is 2.82 bits per heavy atom. The normalized spacial score (nSPS) is 31.9. The topological polar surface area (TPSA) is 33.1 Å². The second-order valence-electron chi connectivity index (χ2n) is 5.47. The van der Waals surface area contributed by atoms with Gasteiger partial charge in [-0.2, -0.15) is 5.10 Å². The Hall–Kier alpha value is -0.870. The molecule has 4 nitrogen and oxygen atoms in total. The zero-order valence-corrected chi connectivity index (χ0v) is 10.6. The number of nitrogens with one attached hydrogen (secondary N) is 1. The van der Waals surface area contributed by atoms with Gasteiger partial charge in [0.25, 0.3) is 0 Å². The Balaban J connectivity index is 1.45. The lowest BCUT2D eigenvalue weighted by atomic mass is 9.84. The molecule has 3 fully saturated rings. The molecule has 4 heterocycles. The Morgan fingerprint density at radius 2 is 2.24 bits per heavy atom. The summed E-state index contributed by atoms with van der Waals surface area (Å²) in [6.07, 6.45) is 7.96. The zero-order chi connectivity index (χ0) is 11.7. The van der Waals surface area contributed by atoms with Gasteiger partial charge in [0.05, 0.1) is 6.20 Å². The number of aromatic nitrogens is 2. The molecule has 17 heavy (non-hydrogen) atoms. The van der Waals surface area contributed by atoms with Gasteiger partial charge >= 0.3 is 0 Å². The van der Waals surface area contributed by atoms with Crippen molar-refractivity contribution in [3.05, 3.63) is 18.0 Å². The van der Waals surface area contributed by atoms with Crippen LogP contribution in [-0.4, -0.2) is 46.9 Å². The number of hydrogen-bond donors (Lipinski definition) is 1. The predicted octanol–water partition coefficient (Wildman–Crippen LogP) is 0.646. The fraction of sp³-hybridized carbons (Fsp3) is 0.769. The molecule has 0 spiro atoms. The van der Waals surface area contributed by atoms with Gasteiger partial charge in [-0.25, -0.2) is 0 Å². The Bertz CT molecular complexity index is 365. The van der Waals surface area contributed by atoms with Gasteiger partial charge in [0.15, 0.2) is 0 Å². The molecule has 0 saturated carbocycles. The van der Waals surface area contributed by atoms with Crippen molar-refractivity contribution in [3.63, 3.8) is 0 Å². The first kappa shape index (κ1) is 11.2. The molecule has 1 atom stereocenters. The van der Waals surface area contributed by atoms with Crippen LogP contribution >= 0.6 is 0 Å². The highest BCUT2D eigenvalue weighted by atomic mass is 15.2. The molecule has 0 amide bonds. The Kier molecular flexibility index (Phi) is 3.16. The first-order chi connectivity index (χ1) is 8.31. The number of nitrogens with zero attached hydrogens (tertiary/aromatic N) is 3. The van der Waals surface area contributed by atoms with Crippen molar-refractivity contribution in [2.45, 2.75) is 25.3 Å². The Morgan fingerprint density at radius 1 is 1.41 bits per heavy atom. The van der Waals surface area contributed by atoms with Crippen LogP contribution in [0.3, 0.4) is 0 Å². The first-order valence-corrected chi connectivity index (χ1v) is 6.74. The van der Waals surface area contributed by atoms with Gasteiger partial charge in [0.1, 0.15) is 0 Å². The van der Waals surface area contributed by atoms with E-state index in [-0.39, 0.29) is 0 Å². The van der Waals surface area contributed by atoms with Crippen molar-refractivity contribution in [3.8, 4) is 0 Å². The molecular formula is C13H22N4. The van der Waals surface area contributed by atoms with E-state index < -0.39 is 0 Å². The molecule has 1 N–H and O–H groups in total. The van der Waals surface area contributed by atoms with E-state index >= 15 is 0 Å². The highest BCUT2D eigenvalue weighted by Crippen LogP contribution is 2.27. The molecule has 4 heteroatoms. The van der Waals surface area contributed by atoms with Crippen molar-refractivity contribution in [2.24, 2.45) is 13.0 Å². The number of rotatable bonds is 4. The zero-order valence-electron chi connectivity index (χ0n) is 10.6. The predicted molar refractivity (Wildman–Crippen MR) is 67.9 cm³/mol. The maximum absolute atomic E-state index is 4.20. The molecule has 0 aromatic carbocycles. The Labute approximate surface area is 103 Å². The van der Waals surface area contributed by atoms with Gasteiger partial charge in [0, 0.05) is 25.8 Å². The summed E-state index contributed by atoms with van der Waals surface area (Å²) in [4.78, 5) is 2.60. The van der Waals surface area contributed by atoms with Crippen LogP contribution in [0.2, 0.25) is 0 Å². The molecule has 1 aromatic rings. The summed E-state index contributed by atoms with van der Waals surface area (Å²) < 4.78 is 1.88. The van der Waals surface area contributed by atoms with Crippen molar-refractivity contribution in [1.29, 1.82) is 0 Å². The van der Waals surface area contributed by atoms with E-state index in [4.69, 9.17) is 0 Å². The van der Waals surface area contributed by atoms with Crippen LogP contribution in [-0.2, 0) is 13.5 Å². The van der Waals surface area contributed by atoms with E-state index in [1.807, 2.05) is 17.9 Å². The van der Waals surface area contributed by atoms with Crippen LogP contribution in [0.1, 0.15) is 18.4 Å². The van der Waals surface area contributed by atoms with Crippen LogP contribution in [0.4, 0.5) is 0 Å². The molecule has 0 radical (unpaired) electrons. The maximum Gasteiger partial charge on any atom is 0.0522 e. The fourth-order valence-corrected chi connectivity index (χ4v) is 3.20. The monoisotopic (exact) mass is 234 g/mol. The van der Waals surface area contributed by atoms with E-state index in [1.165, 1.54) is 38.0 Å². The van der Waals surface area contributed by atoms with Crippen LogP contribution in [0.25, 0.3) is 0 Å². The minimum absolute atomic E-state index is 0.731. The van der Waals surface area contributed by atoms with Gasteiger partial charge in [-0.15, -0.1) is 0 Å². The van der Waals surface area contributed by atoms with Crippen molar-refractivity contribution >= 4 is 0 Å². The summed E-state index contributed by atoms with van der Waals surface area (Å²) in [6.45, 7) is 5.00. The van der Waals surface area contributed by atoms with E-state index in [0.717, 1.165) is 24.9 Å². The van der Waals surface area contributed by atoms with Gasteiger partial charge in [0.2, 0.25) is 0 Å². The molecule has 1 aromatic heterocycles. The lowest BCUT2D eigenvalue weighted by molar-refractivity contribution is 0.0731. The number of piperidine rings is 3. The maximum atomic E-state index is 4.20. The first-order valence-electron chi connectivity index (χ1n) is 6.74. The summed E-state index contributed by atoms with van der Waals surface area (Å²) in [5, 5.41) is 7.93. The summed E-state index contributed by atoms with van der Waals surface area (Å²) in [6, 6.07) is 0.731. The SMILES string of the molecule is Cn1cc(CCNC2CN3CCC2CC3)cn1. The van der Waals surface area contributed by atoms with Crippen molar-refractivity contribution in [2.75, 3.05) is 26.2 Å². The second-order valence-corrected chi connectivity index (χ2v) is 5.47. The van der Waals surface area contributed by atoms with Crippen LogP contribution in [0, 0.1) is 5.92 Å². The third kappa shape index (κ3) is 2.53. The lowest BCUT2D eigenvalue weighted by Gasteiger charge is -2.45. The summed E-state index contributed by atoms with van der Waals surface area (Å²) >= 11 is 0. The third-order valence-corrected chi connectivity index (χ3v) is 4.23. The molecule has 3 aliphatic rings. The van der Waals surface area contributed by atoms with Gasteiger partial charge in [-0.1, -0.05) is 0 Å². The van der Waals surface area contributed by atoms with Gasteiger partial charge in [-0.05, 0) is 50.4 Å². The molecule has 94 valence electrons. The number of hydrogen-bond acceptors (Lipinski definition) is 3. The van der Waals surface area contributed by atoms with E-state index in [9.17, 15) is 0 Å². The molecule has 3 aliphatic heterocycles. The highest BCUT2D eigenvalue weighted by molar-refractivity contribution is 5.04. The minimum Gasteiger partial charge on any atom is -0.312 e. The second kappa shape index (κ2) is 4.78. The summed E-state index contributed by atoms with van der Waals surface area (Å²) in [5.41, 5.74) is 1.33. The van der Waals surface area contributed by atoms with Gasteiger partial charge < -0.3 is 10.2 Å². The molecule has 0 aliphatic carbocycles. The standard InChI is InChI=1S/C13H22N4/c1-16-9-11(8-15-16)2-5-14-13-10-17-6-3-12(13)4-7-17/h8-9,12-14H,2-7,10H2,1H3. The lowest BCUT2D eigenvalue weighted by Crippen LogP contribution is -2.56. The smallest absolute Gasteiger partial charge is 0.0522 e. The molecular weight excluding hydrogens is 212 g/mol. The fourth-order valence-electron chi connectivity index (χ4n) is 3.20. The highest BCUT2D eigenvalue weighted by Gasteiger charge is 2.33. The van der Waals surface area contributed by atoms with E-state index in [0.29, 0.717) is 0 Å². The molecule has 1 unspecified atom stereocenters.